The van der Waals surface area contributed by atoms with Crippen LogP contribution in [-0.2, 0) is 9.53 Å². The average Bonchev–Trinajstić information content (AvgIpc) is 3.27. The lowest BCUT2D eigenvalue weighted by Crippen LogP contribution is -2.47. The van der Waals surface area contributed by atoms with Gasteiger partial charge in [-0.05, 0) is 38.3 Å². The summed E-state index contributed by atoms with van der Waals surface area (Å²) in [4.78, 5) is 14.2. The Morgan fingerprint density at radius 1 is 1.45 bits per heavy atom. The van der Waals surface area contributed by atoms with Crippen LogP contribution in [-0.4, -0.2) is 38.3 Å². The van der Waals surface area contributed by atoms with Crippen molar-refractivity contribution in [2.75, 3.05) is 25.1 Å². The van der Waals surface area contributed by atoms with Crippen molar-refractivity contribution in [2.24, 2.45) is 0 Å². The van der Waals surface area contributed by atoms with E-state index < -0.39 is 0 Å². The van der Waals surface area contributed by atoms with Crippen LogP contribution in [0.15, 0.2) is 24.3 Å². The summed E-state index contributed by atoms with van der Waals surface area (Å²) in [6.07, 6.45) is 2.31. The number of benzene rings is 1. The lowest BCUT2D eigenvalue weighted by atomic mass is 10.1. The van der Waals surface area contributed by atoms with Crippen LogP contribution in [0.3, 0.4) is 0 Å². The van der Waals surface area contributed by atoms with Crippen LogP contribution in [0.25, 0.3) is 0 Å². The summed E-state index contributed by atoms with van der Waals surface area (Å²) in [5, 5.41) is 3.38. The Morgan fingerprint density at radius 3 is 2.70 bits per heavy atom. The maximum Gasteiger partial charge on any atom is 0.324 e. The number of hydrogen-bond donors (Lipinski definition) is 1. The minimum Gasteiger partial charge on any atom is -0.468 e. The third-order valence-electron chi connectivity index (χ3n) is 3.74. The number of anilines is 1. The molecule has 2 rings (SSSR count). The summed E-state index contributed by atoms with van der Waals surface area (Å²) >= 11 is 0. The molecule has 110 valence electrons. The van der Waals surface area contributed by atoms with E-state index in [1.807, 2.05) is 12.1 Å². The van der Waals surface area contributed by atoms with Crippen molar-refractivity contribution < 1.29 is 9.53 Å². The average molecular weight is 276 g/mol. The number of rotatable bonds is 7. The highest BCUT2D eigenvalue weighted by Gasteiger charge is 2.30. The molecule has 0 radical (unpaired) electrons. The minimum atomic E-state index is -0.257. The molecule has 0 spiro atoms. The molecule has 4 heteroatoms. The van der Waals surface area contributed by atoms with Crippen molar-refractivity contribution in [3.63, 3.8) is 0 Å². The normalized spacial score (nSPS) is 15.8. The fourth-order valence-corrected chi connectivity index (χ4v) is 2.41. The third kappa shape index (κ3) is 3.73. The van der Waals surface area contributed by atoms with Crippen LogP contribution in [0, 0.1) is 6.92 Å². The highest BCUT2D eigenvalue weighted by molar-refractivity contribution is 5.77. The highest BCUT2D eigenvalue weighted by atomic mass is 16.5. The molecule has 0 bridgehead atoms. The second-order valence-corrected chi connectivity index (χ2v) is 5.34. The summed E-state index contributed by atoms with van der Waals surface area (Å²) in [5.41, 5.74) is 2.41. The molecular weight excluding hydrogens is 252 g/mol. The Morgan fingerprint density at radius 2 is 2.15 bits per heavy atom. The first-order valence-corrected chi connectivity index (χ1v) is 7.30. The molecule has 1 N–H and O–H groups in total. The topological polar surface area (TPSA) is 41.6 Å². The Bertz CT molecular complexity index is 458. The van der Waals surface area contributed by atoms with Crippen LogP contribution in [0.1, 0.15) is 25.3 Å². The standard InChI is InChI=1S/C16H24N2O2/c1-4-18(15-8-6-5-7-12(15)2)11-14(16(19)20-3)17-13-9-10-13/h5-8,13-14,17H,4,9-11H2,1-3H3. The zero-order chi connectivity index (χ0) is 14.5. The summed E-state index contributed by atoms with van der Waals surface area (Å²) in [6.45, 7) is 5.71. The number of nitrogens with zero attached hydrogens (tertiary/aromatic N) is 1. The summed E-state index contributed by atoms with van der Waals surface area (Å²) in [7, 11) is 1.45. The largest absolute Gasteiger partial charge is 0.468 e. The lowest BCUT2D eigenvalue weighted by Gasteiger charge is -2.29. The number of aryl methyl sites for hydroxylation is 1. The maximum atomic E-state index is 11.9. The smallest absolute Gasteiger partial charge is 0.324 e. The highest BCUT2D eigenvalue weighted by Crippen LogP contribution is 2.22. The summed E-state index contributed by atoms with van der Waals surface area (Å²) < 4.78 is 4.92. The van der Waals surface area contributed by atoms with Gasteiger partial charge < -0.3 is 15.0 Å². The van der Waals surface area contributed by atoms with Crippen molar-refractivity contribution in [3.05, 3.63) is 29.8 Å². The third-order valence-corrected chi connectivity index (χ3v) is 3.74. The van der Waals surface area contributed by atoms with Crippen molar-refractivity contribution in [1.29, 1.82) is 0 Å². The van der Waals surface area contributed by atoms with E-state index in [2.05, 4.69) is 36.2 Å². The molecule has 1 saturated carbocycles. The van der Waals surface area contributed by atoms with Gasteiger partial charge in [-0.15, -0.1) is 0 Å². The van der Waals surface area contributed by atoms with Crippen molar-refractivity contribution in [1.82, 2.24) is 5.32 Å². The van der Waals surface area contributed by atoms with Crippen LogP contribution in [0.4, 0.5) is 5.69 Å². The molecule has 1 fully saturated rings. The maximum absolute atomic E-state index is 11.9. The second-order valence-electron chi connectivity index (χ2n) is 5.34. The van der Waals surface area contributed by atoms with Gasteiger partial charge in [0.25, 0.3) is 0 Å². The van der Waals surface area contributed by atoms with Crippen LogP contribution >= 0.6 is 0 Å². The second kappa shape index (κ2) is 6.75. The van der Waals surface area contributed by atoms with E-state index >= 15 is 0 Å². The molecule has 0 saturated heterocycles. The molecule has 20 heavy (non-hydrogen) atoms. The van der Waals surface area contributed by atoms with E-state index in [4.69, 9.17) is 4.74 Å². The zero-order valence-corrected chi connectivity index (χ0v) is 12.6. The first kappa shape index (κ1) is 14.9. The molecule has 0 heterocycles. The van der Waals surface area contributed by atoms with Gasteiger partial charge in [-0.3, -0.25) is 4.79 Å². The fraction of sp³-hybridized carbons (Fsp3) is 0.562. The quantitative estimate of drug-likeness (QED) is 0.775. The monoisotopic (exact) mass is 276 g/mol. The first-order chi connectivity index (χ1) is 9.65. The number of para-hydroxylation sites is 1. The van der Waals surface area contributed by atoms with Gasteiger partial charge in [0.05, 0.1) is 7.11 Å². The van der Waals surface area contributed by atoms with Gasteiger partial charge in [0.1, 0.15) is 6.04 Å². The Labute approximate surface area is 121 Å². The molecular formula is C16H24N2O2. The Kier molecular flexibility index (Phi) is 5.01. The van der Waals surface area contributed by atoms with E-state index in [0.717, 1.165) is 19.4 Å². The van der Waals surface area contributed by atoms with Gasteiger partial charge >= 0.3 is 5.97 Å². The number of likely N-dealkylation sites (N-methyl/N-ethyl adjacent to an activating group) is 1. The first-order valence-electron chi connectivity index (χ1n) is 7.30. The van der Waals surface area contributed by atoms with E-state index in [1.54, 1.807) is 0 Å². The zero-order valence-electron chi connectivity index (χ0n) is 12.6. The molecule has 1 aliphatic carbocycles. The molecule has 1 aromatic rings. The van der Waals surface area contributed by atoms with E-state index in [1.165, 1.54) is 18.4 Å². The predicted octanol–water partition coefficient (Wildman–Crippen LogP) is 2.11. The Hall–Kier alpha value is -1.55. The van der Waals surface area contributed by atoms with E-state index in [-0.39, 0.29) is 12.0 Å². The van der Waals surface area contributed by atoms with Gasteiger partial charge in [0, 0.05) is 24.8 Å². The molecule has 0 aromatic heterocycles. The van der Waals surface area contributed by atoms with Gasteiger partial charge in [-0.2, -0.15) is 0 Å². The number of ether oxygens (including phenoxy) is 1. The van der Waals surface area contributed by atoms with Gasteiger partial charge in [-0.25, -0.2) is 0 Å². The predicted molar refractivity (Wildman–Crippen MR) is 81.0 cm³/mol. The molecule has 0 aliphatic heterocycles. The van der Waals surface area contributed by atoms with E-state index in [9.17, 15) is 4.79 Å². The SMILES string of the molecule is CCN(CC(NC1CC1)C(=O)OC)c1ccccc1C. The van der Waals surface area contributed by atoms with Crippen molar-refractivity contribution in [3.8, 4) is 0 Å². The lowest BCUT2D eigenvalue weighted by molar-refractivity contribution is -0.142. The molecule has 1 aromatic carbocycles. The summed E-state index contributed by atoms with van der Waals surface area (Å²) in [5.74, 6) is -0.177. The number of hydrogen-bond acceptors (Lipinski definition) is 4. The van der Waals surface area contributed by atoms with Crippen LogP contribution in [0.5, 0.6) is 0 Å². The minimum absolute atomic E-state index is 0.177. The number of carbonyl (C=O) groups is 1. The molecule has 0 amide bonds. The molecule has 4 nitrogen and oxygen atoms in total. The van der Waals surface area contributed by atoms with Crippen LogP contribution < -0.4 is 10.2 Å². The Balaban J connectivity index is 2.09. The molecule has 1 atom stereocenters. The fourth-order valence-electron chi connectivity index (χ4n) is 2.41. The van der Waals surface area contributed by atoms with Gasteiger partial charge in [0.15, 0.2) is 0 Å². The van der Waals surface area contributed by atoms with Crippen molar-refractivity contribution in [2.45, 2.75) is 38.8 Å². The van der Waals surface area contributed by atoms with Crippen molar-refractivity contribution >= 4 is 11.7 Å². The summed E-state index contributed by atoms with van der Waals surface area (Å²) in [6, 6.07) is 8.49. The number of nitrogens with one attached hydrogen (secondary N) is 1. The molecule has 1 aliphatic rings. The molecule has 1 unspecified atom stereocenters. The number of carbonyl (C=O) groups excluding carboxylic acids is 1. The van der Waals surface area contributed by atoms with Gasteiger partial charge in [0.2, 0.25) is 0 Å². The number of esters is 1. The van der Waals surface area contributed by atoms with E-state index in [0.29, 0.717) is 12.6 Å². The van der Waals surface area contributed by atoms with Gasteiger partial charge in [-0.1, -0.05) is 18.2 Å². The number of methoxy groups -OCH3 is 1. The van der Waals surface area contributed by atoms with Crippen LogP contribution in [0.2, 0.25) is 0 Å².